The van der Waals surface area contributed by atoms with Gasteiger partial charge in [-0.1, -0.05) is 24.3 Å². The Balaban J connectivity index is 1.95. The molecule has 0 spiro atoms. The number of carbonyl (C=O) groups is 1. The predicted octanol–water partition coefficient (Wildman–Crippen LogP) is 2.69. The summed E-state index contributed by atoms with van der Waals surface area (Å²) in [5.74, 6) is -0.451. The number of hydrazone groups is 1. The molecule has 0 unspecified atom stereocenters. The number of rotatable bonds is 2. The zero-order chi connectivity index (χ0) is 14.8. The Bertz CT molecular complexity index is 740. The van der Waals surface area contributed by atoms with Crippen LogP contribution in [0.15, 0.2) is 47.6 Å². The van der Waals surface area contributed by atoms with E-state index in [1.54, 1.807) is 30.3 Å². The van der Waals surface area contributed by atoms with Gasteiger partial charge in [0, 0.05) is 29.7 Å². The number of nitrogens with one attached hydrogen (secondary N) is 1. The van der Waals surface area contributed by atoms with Gasteiger partial charge in [-0.05, 0) is 23.8 Å². The summed E-state index contributed by atoms with van der Waals surface area (Å²) in [7, 11) is 0. The molecule has 1 aliphatic heterocycles. The molecule has 3 N–H and O–H groups in total. The number of nitrogen functional groups attached to an aromatic ring is 1. The molecule has 0 aromatic heterocycles. The van der Waals surface area contributed by atoms with Gasteiger partial charge in [0.2, 0.25) is 5.91 Å². The van der Waals surface area contributed by atoms with Crippen LogP contribution in [0, 0.1) is 5.82 Å². The average Bonchev–Trinajstić information content (AvgIpc) is 2.48. The van der Waals surface area contributed by atoms with Crippen LogP contribution in [0.1, 0.15) is 18.4 Å². The molecule has 0 bridgehead atoms. The van der Waals surface area contributed by atoms with Crippen molar-refractivity contribution in [2.45, 2.75) is 12.8 Å². The van der Waals surface area contributed by atoms with Crippen molar-refractivity contribution in [2.24, 2.45) is 5.10 Å². The van der Waals surface area contributed by atoms with Gasteiger partial charge in [-0.2, -0.15) is 5.10 Å². The van der Waals surface area contributed by atoms with Gasteiger partial charge in [0.25, 0.3) is 0 Å². The molecule has 2 aromatic rings. The SMILES string of the molecule is Nc1cccc(-c2ccc(C3=NNC(=O)CC3)cc2F)c1. The number of halogens is 1. The van der Waals surface area contributed by atoms with Gasteiger partial charge in [-0.3, -0.25) is 4.79 Å². The maximum Gasteiger partial charge on any atom is 0.240 e. The maximum atomic E-state index is 14.3. The average molecular weight is 283 g/mol. The van der Waals surface area contributed by atoms with Crippen LogP contribution in [0.25, 0.3) is 11.1 Å². The van der Waals surface area contributed by atoms with Crippen LogP contribution in [0.5, 0.6) is 0 Å². The summed E-state index contributed by atoms with van der Waals surface area (Å²) in [4.78, 5) is 11.1. The molecule has 0 fully saturated rings. The van der Waals surface area contributed by atoms with Crippen molar-refractivity contribution >= 4 is 17.3 Å². The first kappa shape index (κ1) is 13.3. The van der Waals surface area contributed by atoms with Crippen molar-refractivity contribution in [1.29, 1.82) is 0 Å². The fraction of sp³-hybridized carbons (Fsp3) is 0.125. The normalized spacial score (nSPS) is 14.5. The van der Waals surface area contributed by atoms with E-state index in [0.717, 1.165) is 5.56 Å². The number of amides is 1. The molecule has 0 aliphatic carbocycles. The molecule has 1 heterocycles. The highest BCUT2D eigenvalue weighted by atomic mass is 19.1. The van der Waals surface area contributed by atoms with E-state index in [9.17, 15) is 9.18 Å². The number of nitrogens with zero attached hydrogens (tertiary/aromatic N) is 1. The van der Waals surface area contributed by atoms with Gasteiger partial charge in [0.1, 0.15) is 5.82 Å². The highest BCUT2D eigenvalue weighted by Gasteiger charge is 2.15. The predicted molar refractivity (Wildman–Crippen MR) is 80.2 cm³/mol. The van der Waals surface area contributed by atoms with E-state index in [1.165, 1.54) is 6.07 Å². The second-order valence-electron chi connectivity index (χ2n) is 4.91. The highest BCUT2D eigenvalue weighted by molar-refractivity contribution is 6.04. The van der Waals surface area contributed by atoms with E-state index in [0.29, 0.717) is 35.4 Å². The zero-order valence-corrected chi connectivity index (χ0v) is 11.3. The summed E-state index contributed by atoms with van der Waals surface area (Å²) in [5.41, 5.74) is 11.3. The van der Waals surface area contributed by atoms with E-state index in [1.807, 2.05) is 6.07 Å². The van der Waals surface area contributed by atoms with Crippen molar-refractivity contribution in [3.05, 3.63) is 53.8 Å². The summed E-state index contributed by atoms with van der Waals surface area (Å²) < 4.78 is 14.3. The highest BCUT2D eigenvalue weighted by Crippen LogP contribution is 2.26. The Morgan fingerprint density at radius 3 is 2.62 bits per heavy atom. The van der Waals surface area contributed by atoms with Crippen LogP contribution >= 0.6 is 0 Å². The lowest BCUT2D eigenvalue weighted by atomic mass is 9.99. The number of hydrogen-bond donors (Lipinski definition) is 2. The molecule has 0 atom stereocenters. The number of carbonyl (C=O) groups excluding carboxylic acids is 1. The smallest absolute Gasteiger partial charge is 0.240 e. The third-order valence-electron chi connectivity index (χ3n) is 3.40. The summed E-state index contributed by atoms with van der Waals surface area (Å²) in [6.07, 6.45) is 0.889. The lowest BCUT2D eigenvalue weighted by Crippen LogP contribution is -2.25. The quantitative estimate of drug-likeness (QED) is 0.832. The van der Waals surface area contributed by atoms with Gasteiger partial charge < -0.3 is 5.73 Å². The molecule has 21 heavy (non-hydrogen) atoms. The standard InChI is InChI=1S/C16H14FN3O/c17-14-9-11(15-6-7-16(21)20-19-15)4-5-13(14)10-2-1-3-12(18)8-10/h1-5,8-9H,6-7,18H2,(H,20,21). The molecule has 1 amide bonds. The topological polar surface area (TPSA) is 67.5 Å². The minimum absolute atomic E-state index is 0.115. The molecule has 3 rings (SSSR count). The lowest BCUT2D eigenvalue weighted by molar-refractivity contribution is -0.121. The number of nitrogens with two attached hydrogens (primary N) is 1. The van der Waals surface area contributed by atoms with Crippen LogP contribution in [-0.2, 0) is 4.79 Å². The van der Waals surface area contributed by atoms with E-state index in [2.05, 4.69) is 10.5 Å². The molecular formula is C16H14FN3O. The molecule has 4 nitrogen and oxygen atoms in total. The molecule has 5 heteroatoms. The summed E-state index contributed by atoms with van der Waals surface area (Å²) in [5, 5.41) is 3.97. The van der Waals surface area contributed by atoms with E-state index >= 15 is 0 Å². The van der Waals surface area contributed by atoms with E-state index in [4.69, 9.17) is 5.73 Å². The van der Waals surface area contributed by atoms with Gasteiger partial charge in [0.05, 0.1) is 5.71 Å². The maximum absolute atomic E-state index is 14.3. The van der Waals surface area contributed by atoms with Crippen LogP contribution in [0.3, 0.4) is 0 Å². The van der Waals surface area contributed by atoms with Crippen LogP contribution in [0.2, 0.25) is 0 Å². The van der Waals surface area contributed by atoms with Crippen LogP contribution in [0.4, 0.5) is 10.1 Å². The molecule has 2 aromatic carbocycles. The number of hydrogen-bond acceptors (Lipinski definition) is 3. The first-order chi connectivity index (χ1) is 10.1. The third kappa shape index (κ3) is 2.76. The fourth-order valence-corrected chi connectivity index (χ4v) is 2.32. The van der Waals surface area contributed by atoms with Gasteiger partial charge in [-0.15, -0.1) is 0 Å². The minimum atomic E-state index is -0.335. The largest absolute Gasteiger partial charge is 0.399 e. The first-order valence-electron chi connectivity index (χ1n) is 6.65. The monoisotopic (exact) mass is 283 g/mol. The Hall–Kier alpha value is -2.69. The molecule has 106 valence electrons. The summed E-state index contributed by atoms with van der Waals surface area (Å²) >= 11 is 0. The third-order valence-corrected chi connectivity index (χ3v) is 3.40. The molecular weight excluding hydrogens is 269 g/mol. The van der Waals surface area contributed by atoms with Crippen molar-refractivity contribution in [2.75, 3.05) is 5.73 Å². The molecule has 0 saturated carbocycles. The first-order valence-corrected chi connectivity index (χ1v) is 6.65. The number of benzene rings is 2. The second-order valence-corrected chi connectivity index (χ2v) is 4.91. The number of anilines is 1. The molecule has 0 saturated heterocycles. The minimum Gasteiger partial charge on any atom is -0.399 e. The fourth-order valence-electron chi connectivity index (χ4n) is 2.32. The summed E-state index contributed by atoms with van der Waals surface area (Å²) in [6, 6.07) is 12.0. The van der Waals surface area contributed by atoms with Crippen LogP contribution in [-0.4, -0.2) is 11.6 Å². The Kier molecular flexibility index (Phi) is 3.39. The Morgan fingerprint density at radius 1 is 1.10 bits per heavy atom. The Labute approximate surface area is 121 Å². The lowest BCUT2D eigenvalue weighted by Gasteiger charge is -2.13. The van der Waals surface area contributed by atoms with Crippen LogP contribution < -0.4 is 11.2 Å². The van der Waals surface area contributed by atoms with Gasteiger partial charge in [-0.25, -0.2) is 9.82 Å². The molecule has 1 aliphatic rings. The van der Waals surface area contributed by atoms with Crippen molar-refractivity contribution in [3.8, 4) is 11.1 Å². The second kappa shape index (κ2) is 5.36. The molecule has 0 radical (unpaired) electrons. The van der Waals surface area contributed by atoms with E-state index < -0.39 is 0 Å². The Morgan fingerprint density at radius 2 is 1.95 bits per heavy atom. The van der Waals surface area contributed by atoms with Crippen molar-refractivity contribution in [1.82, 2.24) is 5.43 Å². The van der Waals surface area contributed by atoms with E-state index in [-0.39, 0.29) is 11.7 Å². The van der Waals surface area contributed by atoms with Gasteiger partial charge in [0.15, 0.2) is 0 Å². The van der Waals surface area contributed by atoms with Gasteiger partial charge >= 0.3 is 0 Å². The summed E-state index contributed by atoms with van der Waals surface area (Å²) in [6.45, 7) is 0. The van der Waals surface area contributed by atoms with Crippen molar-refractivity contribution in [3.63, 3.8) is 0 Å². The zero-order valence-electron chi connectivity index (χ0n) is 11.3. The van der Waals surface area contributed by atoms with Crippen molar-refractivity contribution < 1.29 is 9.18 Å².